The summed E-state index contributed by atoms with van der Waals surface area (Å²) in [5.41, 5.74) is 1.78. The molecule has 0 aliphatic heterocycles. The molecule has 0 amide bonds. The lowest BCUT2D eigenvalue weighted by Gasteiger charge is -2.16. The number of hydrogen-bond acceptors (Lipinski definition) is 3. The standard InChI is InChI=1S/C15H13F3N2O/c16-15(17,18)14-6-2-10(8-19-14)20-13-5-1-9-7-11(21)3-4-12(9)13/h2-4,6-8,13,20-21H,1,5H2. The van der Waals surface area contributed by atoms with Gasteiger partial charge in [0.25, 0.3) is 0 Å². The summed E-state index contributed by atoms with van der Waals surface area (Å²) < 4.78 is 37.4. The molecular weight excluding hydrogens is 281 g/mol. The molecule has 21 heavy (non-hydrogen) atoms. The number of phenols is 1. The second-order valence-electron chi connectivity index (χ2n) is 5.05. The molecule has 0 saturated heterocycles. The molecule has 0 bridgehead atoms. The fourth-order valence-electron chi connectivity index (χ4n) is 2.60. The molecule has 0 saturated carbocycles. The maximum absolute atomic E-state index is 12.5. The summed E-state index contributed by atoms with van der Waals surface area (Å²) in [5.74, 6) is 0.227. The summed E-state index contributed by atoms with van der Waals surface area (Å²) in [5, 5.41) is 12.6. The average molecular weight is 294 g/mol. The normalized spacial score (nSPS) is 17.6. The van der Waals surface area contributed by atoms with Gasteiger partial charge in [0.2, 0.25) is 0 Å². The highest BCUT2D eigenvalue weighted by molar-refractivity contribution is 5.48. The third-order valence-electron chi connectivity index (χ3n) is 3.60. The zero-order valence-corrected chi connectivity index (χ0v) is 11.0. The predicted molar refractivity (Wildman–Crippen MR) is 72.0 cm³/mol. The van der Waals surface area contributed by atoms with Gasteiger partial charge in [0.15, 0.2) is 0 Å². The molecule has 1 aliphatic rings. The summed E-state index contributed by atoms with van der Waals surface area (Å²) in [7, 11) is 0. The van der Waals surface area contributed by atoms with Crippen LogP contribution in [0.5, 0.6) is 5.75 Å². The minimum Gasteiger partial charge on any atom is -0.508 e. The minimum absolute atomic E-state index is 0.0270. The van der Waals surface area contributed by atoms with E-state index in [1.54, 1.807) is 12.1 Å². The Hall–Kier alpha value is -2.24. The maximum Gasteiger partial charge on any atom is 0.433 e. The lowest BCUT2D eigenvalue weighted by molar-refractivity contribution is -0.141. The molecule has 110 valence electrons. The number of nitrogens with one attached hydrogen (secondary N) is 1. The lowest BCUT2D eigenvalue weighted by Crippen LogP contribution is -2.10. The fraction of sp³-hybridized carbons (Fsp3) is 0.267. The maximum atomic E-state index is 12.5. The first kappa shape index (κ1) is 13.7. The van der Waals surface area contributed by atoms with E-state index in [1.807, 2.05) is 6.07 Å². The monoisotopic (exact) mass is 294 g/mol. The first-order valence-corrected chi connectivity index (χ1v) is 6.55. The summed E-state index contributed by atoms with van der Waals surface area (Å²) in [6, 6.07) is 7.56. The highest BCUT2D eigenvalue weighted by atomic mass is 19.4. The molecule has 2 N–H and O–H groups in total. The second-order valence-corrected chi connectivity index (χ2v) is 5.05. The van der Waals surface area contributed by atoms with Crippen LogP contribution >= 0.6 is 0 Å². The molecule has 0 radical (unpaired) electrons. The van der Waals surface area contributed by atoms with Crippen molar-refractivity contribution in [3.63, 3.8) is 0 Å². The number of alkyl halides is 3. The fourth-order valence-corrected chi connectivity index (χ4v) is 2.60. The van der Waals surface area contributed by atoms with Crippen molar-refractivity contribution in [3.05, 3.63) is 53.3 Å². The van der Waals surface area contributed by atoms with Crippen LogP contribution in [0.15, 0.2) is 36.5 Å². The number of rotatable bonds is 2. The van der Waals surface area contributed by atoms with Gasteiger partial charge >= 0.3 is 6.18 Å². The number of hydrogen-bond donors (Lipinski definition) is 2. The highest BCUT2D eigenvalue weighted by Crippen LogP contribution is 2.36. The zero-order valence-electron chi connectivity index (χ0n) is 11.0. The number of aromatic nitrogens is 1. The van der Waals surface area contributed by atoms with E-state index in [0.717, 1.165) is 30.0 Å². The number of aryl methyl sites for hydroxylation is 1. The van der Waals surface area contributed by atoms with Crippen molar-refractivity contribution in [2.45, 2.75) is 25.1 Å². The molecule has 1 unspecified atom stereocenters. The Kier molecular flexibility index (Phi) is 3.23. The van der Waals surface area contributed by atoms with E-state index in [0.29, 0.717) is 5.69 Å². The smallest absolute Gasteiger partial charge is 0.433 e. The van der Waals surface area contributed by atoms with Gasteiger partial charge in [-0.15, -0.1) is 0 Å². The molecule has 1 heterocycles. The Labute approximate surface area is 119 Å². The third-order valence-corrected chi connectivity index (χ3v) is 3.60. The Morgan fingerprint density at radius 3 is 2.67 bits per heavy atom. The number of phenolic OH excluding ortho intramolecular Hbond substituents is 1. The van der Waals surface area contributed by atoms with E-state index in [1.165, 1.54) is 12.3 Å². The van der Waals surface area contributed by atoms with Crippen LogP contribution in [-0.2, 0) is 12.6 Å². The van der Waals surface area contributed by atoms with Gasteiger partial charge in [-0.05, 0) is 48.2 Å². The first-order valence-electron chi connectivity index (χ1n) is 6.55. The molecule has 3 rings (SSSR count). The Morgan fingerprint density at radius 1 is 1.19 bits per heavy atom. The van der Waals surface area contributed by atoms with Crippen LogP contribution in [0.25, 0.3) is 0 Å². The van der Waals surface area contributed by atoms with Crippen molar-refractivity contribution < 1.29 is 18.3 Å². The molecule has 1 aliphatic carbocycles. The van der Waals surface area contributed by atoms with Crippen LogP contribution in [0.2, 0.25) is 0 Å². The van der Waals surface area contributed by atoms with Gasteiger partial charge in [0.1, 0.15) is 11.4 Å². The number of fused-ring (bicyclic) bond motifs is 1. The summed E-state index contributed by atoms with van der Waals surface area (Å²) in [6.07, 6.45) is -1.56. The van der Waals surface area contributed by atoms with Gasteiger partial charge in [0.05, 0.1) is 17.9 Å². The number of nitrogens with zero attached hydrogens (tertiary/aromatic N) is 1. The van der Waals surface area contributed by atoms with Crippen molar-refractivity contribution in [2.24, 2.45) is 0 Å². The van der Waals surface area contributed by atoms with E-state index in [9.17, 15) is 18.3 Å². The van der Waals surface area contributed by atoms with Crippen LogP contribution in [0.4, 0.5) is 18.9 Å². The molecule has 0 fully saturated rings. The van der Waals surface area contributed by atoms with Gasteiger partial charge in [-0.2, -0.15) is 13.2 Å². The molecular formula is C15H13F3N2O. The largest absolute Gasteiger partial charge is 0.508 e. The van der Waals surface area contributed by atoms with Crippen molar-refractivity contribution >= 4 is 5.69 Å². The molecule has 0 spiro atoms. The Morgan fingerprint density at radius 2 is 2.00 bits per heavy atom. The SMILES string of the molecule is Oc1ccc2c(c1)CCC2Nc1ccc(C(F)(F)F)nc1. The van der Waals surface area contributed by atoms with Crippen molar-refractivity contribution in [2.75, 3.05) is 5.32 Å². The van der Waals surface area contributed by atoms with Gasteiger partial charge in [0, 0.05) is 0 Å². The van der Waals surface area contributed by atoms with E-state index in [2.05, 4.69) is 10.3 Å². The summed E-state index contributed by atoms with van der Waals surface area (Å²) in [4.78, 5) is 3.43. The van der Waals surface area contributed by atoms with Gasteiger partial charge < -0.3 is 10.4 Å². The number of halogens is 3. The van der Waals surface area contributed by atoms with Gasteiger partial charge in [-0.25, -0.2) is 4.98 Å². The molecule has 3 nitrogen and oxygen atoms in total. The Bertz CT molecular complexity index is 653. The van der Waals surface area contributed by atoms with E-state index in [-0.39, 0.29) is 11.8 Å². The molecule has 1 atom stereocenters. The van der Waals surface area contributed by atoms with Crippen molar-refractivity contribution in [3.8, 4) is 5.75 Å². The highest BCUT2D eigenvalue weighted by Gasteiger charge is 2.32. The van der Waals surface area contributed by atoms with Crippen LogP contribution in [0.3, 0.4) is 0 Å². The minimum atomic E-state index is -4.42. The van der Waals surface area contributed by atoms with Crippen LogP contribution in [0, 0.1) is 0 Å². The van der Waals surface area contributed by atoms with Gasteiger partial charge in [-0.3, -0.25) is 0 Å². The molecule has 2 aromatic rings. The molecule has 1 aromatic carbocycles. The first-order chi connectivity index (χ1) is 9.93. The van der Waals surface area contributed by atoms with Crippen LogP contribution in [-0.4, -0.2) is 10.1 Å². The number of anilines is 1. The number of benzene rings is 1. The third kappa shape index (κ3) is 2.79. The Balaban J connectivity index is 1.77. The van der Waals surface area contributed by atoms with E-state index < -0.39 is 11.9 Å². The van der Waals surface area contributed by atoms with Crippen LogP contribution in [0.1, 0.15) is 29.3 Å². The number of pyridine rings is 1. The van der Waals surface area contributed by atoms with Gasteiger partial charge in [-0.1, -0.05) is 6.07 Å². The lowest BCUT2D eigenvalue weighted by atomic mass is 10.1. The molecule has 6 heteroatoms. The van der Waals surface area contributed by atoms with E-state index in [4.69, 9.17) is 0 Å². The van der Waals surface area contributed by atoms with Crippen LogP contribution < -0.4 is 5.32 Å². The second kappa shape index (κ2) is 4.95. The topological polar surface area (TPSA) is 45.1 Å². The summed E-state index contributed by atoms with van der Waals surface area (Å²) in [6.45, 7) is 0. The summed E-state index contributed by atoms with van der Waals surface area (Å²) >= 11 is 0. The van der Waals surface area contributed by atoms with Crippen molar-refractivity contribution in [1.82, 2.24) is 4.98 Å². The quantitative estimate of drug-likeness (QED) is 0.882. The van der Waals surface area contributed by atoms with Crippen molar-refractivity contribution in [1.29, 1.82) is 0 Å². The zero-order chi connectivity index (χ0) is 15.0. The number of aromatic hydroxyl groups is 1. The van der Waals surface area contributed by atoms with E-state index >= 15 is 0 Å². The average Bonchev–Trinajstić information content (AvgIpc) is 2.80. The predicted octanol–water partition coefficient (Wildman–Crippen LogP) is 3.91. The molecule has 1 aromatic heterocycles.